The van der Waals surface area contributed by atoms with Crippen LogP contribution in [0.3, 0.4) is 0 Å². The van der Waals surface area contributed by atoms with Crippen LogP contribution in [0.15, 0.2) is 0 Å². The minimum Gasteiger partial charge on any atom is -0.353 e. The number of nitro groups is 1. The minimum atomic E-state index is -0.625. The maximum absolute atomic E-state index is 11.8. The van der Waals surface area contributed by atoms with Crippen molar-refractivity contribution in [3.8, 4) is 0 Å². The third-order valence-electron chi connectivity index (χ3n) is 3.97. The predicted octanol–water partition coefficient (Wildman–Crippen LogP) is 1.74. The van der Waals surface area contributed by atoms with Gasteiger partial charge in [-0.15, -0.1) is 0 Å². The van der Waals surface area contributed by atoms with Gasteiger partial charge in [0.1, 0.15) is 5.92 Å². The summed E-state index contributed by atoms with van der Waals surface area (Å²) in [5.41, 5.74) is 0. The molecule has 17 heavy (non-hydrogen) atoms. The number of nitrogens with zero attached hydrogens (tertiary/aromatic N) is 1. The molecule has 1 amide bonds. The van der Waals surface area contributed by atoms with Crippen molar-refractivity contribution in [2.45, 2.75) is 57.5 Å². The van der Waals surface area contributed by atoms with E-state index < -0.39 is 6.04 Å². The van der Waals surface area contributed by atoms with Gasteiger partial charge in [0.15, 0.2) is 0 Å². The fourth-order valence-electron chi connectivity index (χ4n) is 2.64. The third-order valence-corrected chi connectivity index (χ3v) is 3.97. The molecule has 1 N–H and O–H groups in total. The van der Waals surface area contributed by atoms with E-state index in [1.54, 1.807) is 0 Å². The first-order valence-corrected chi connectivity index (χ1v) is 6.51. The Labute approximate surface area is 101 Å². The van der Waals surface area contributed by atoms with Gasteiger partial charge in [-0.05, 0) is 25.2 Å². The van der Waals surface area contributed by atoms with Crippen molar-refractivity contribution in [2.24, 2.45) is 11.8 Å². The number of carbonyl (C=O) groups is 1. The van der Waals surface area contributed by atoms with Gasteiger partial charge in [0.2, 0.25) is 11.9 Å². The lowest BCUT2D eigenvalue weighted by atomic mass is 10.0. The lowest BCUT2D eigenvalue weighted by Gasteiger charge is -2.15. The number of amides is 1. The molecule has 0 heterocycles. The fraction of sp³-hybridized carbons (Fsp3) is 0.917. The van der Waals surface area contributed by atoms with Gasteiger partial charge in [-0.1, -0.05) is 19.8 Å². The molecule has 0 aromatic rings. The molecule has 0 spiro atoms. The zero-order valence-corrected chi connectivity index (χ0v) is 10.2. The minimum absolute atomic E-state index is 0.105. The van der Waals surface area contributed by atoms with Crippen LogP contribution in [0.5, 0.6) is 0 Å². The molecule has 96 valence electrons. The zero-order valence-electron chi connectivity index (χ0n) is 10.2. The molecule has 5 nitrogen and oxygen atoms in total. The lowest BCUT2D eigenvalue weighted by molar-refractivity contribution is -0.497. The van der Waals surface area contributed by atoms with Crippen molar-refractivity contribution >= 4 is 5.91 Å². The summed E-state index contributed by atoms with van der Waals surface area (Å²) in [6.07, 6.45) is 5.98. The smallest absolute Gasteiger partial charge is 0.230 e. The van der Waals surface area contributed by atoms with Crippen LogP contribution < -0.4 is 5.32 Å². The van der Waals surface area contributed by atoms with E-state index in [0.29, 0.717) is 6.42 Å². The van der Waals surface area contributed by atoms with Crippen molar-refractivity contribution in [2.75, 3.05) is 0 Å². The van der Waals surface area contributed by atoms with Crippen molar-refractivity contribution in [1.29, 1.82) is 0 Å². The van der Waals surface area contributed by atoms with Crippen LogP contribution in [0, 0.1) is 22.0 Å². The summed E-state index contributed by atoms with van der Waals surface area (Å²) in [6.45, 7) is 2.24. The summed E-state index contributed by atoms with van der Waals surface area (Å²) in [5, 5.41) is 13.5. The molecule has 2 unspecified atom stereocenters. The molecule has 2 saturated carbocycles. The highest BCUT2D eigenvalue weighted by Gasteiger charge is 2.53. The van der Waals surface area contributed by atoms with E-state index in [1.807, 2.05) is 0 Å². The van der Waals surface area contributed by atoms with E-state index in [0.717, 1.165) is 31.6 Å². The first-order valence-electron chi connectivity index (χ1n) is 6.51. The van der Waals surface area contributed by atoms with Crippen LogP contribution in [0.1, 0.15) is 45.4 Å². The molecule has 0 aromatic heterocycles. The normalized spacial score (nSPS) is 37.0. The monoisotopic (exact) mass is 240 g/mol. The SMILES string of the molecule is CC1CCCC(NC(=O)[C@@H]2C[C@H]2[N+](=O)[O-])CC1. The second-order valence-electron chi connectivity index (χ2n) is 5.51. The van der Waals surface area contributed by atoms with Crippen molar-refractivity contribution in [1.82, 2.24) is 5.32 Å². The molecule has 2 fully saturated rings. The highest BCUT2D eigenvalue weighted by molar-refractivity contribution is 5.82. The van der Waals surface area contributed by atoms with E-state index >= 15 is 0 Å². The molecule has 5 heteroatoms. The van der Waals surface area contributed by atoms with Gasteiger partial charge >= 0.3 is 0 Å². The summed E-state index contributed by atoms with van der Waals surface area (Å²) >= 11 is 0. The van der Waals surface area contributed by atoms with Gasteiger partial charge < -0.3 is 5.32 Å². The largest absolute Gasteiger partial charge is 0.353 e. The van der Waals surface area contributed by atoms with E-state index in [-0.39, 0.29) is 22.8 Å². The molecule has 0 aromatic carbocycles. The molecule has 4 atom stereocenters. The standard InChI is InChI=1S/C12H20N2O3/c1-8-3-2-4-9(6-5-8)13-12(15)10-7-11(10)14(16)17/h8-11H,2-7H2,1H3,(H,13,15)/t8?,9?,10-,11-/m1/s1. The highest BCUT2D eigenvalue weighted by Crippen LogP contribution is 2.33. The molecule has 0 aliphatic heterocycles. The molecule has 2 rings (SSSR count). The van der Waals surface area contributed by atoms with Crippen LogP contribution in [0.25, 0.3) is 0 Å². The molecule has 2 aliphatic carbocycles. The molecular weight excluding hydrogens is 220 g/mol. The third kappa shape index (κ3) is 3.17. The van der Waals surface area contributed by atoms with Crippen LogP contribution in [-0.2, 0) is 4.79 Å². The lowest BCUT2D eigenvalue weighted by Crippen LogP contribution is -2.36. The number of hydrogen-bond donors (Lipinski definition) is 1. The second-order valence-corrected chi connectivity index (χ2v) is 5.51. The van der Waals surface area contributed by atoms with E-state index in [1.165, 1.54) is 6.42 Å². The number of nitrogens with one attached hydrogen (secondary N) is 1. The van der Waals surface area contributed by atoms with Crippen LogP contribution in [-0.4, -0.2) is 22.9 Å². The quantitative estimate of drug-likeness (QED) is 0.464. The van der Waals surface area contributed by atoms with E-state index in [4.69, 9.17) is 0 Å². The van der Waals surface area contributed by atoms with Gasteiger partial charge in [-0.3, -0.25) is 14.9 Å². The average molecular weight is 240 g/mol. The average Bonchev–Trinajstić information content (AvgIpc) is 3.04. The van der Waals surface area contributed by atoms with Gasteiger partial charge in [0, 0.05) is 17.4 Å². The van der Waals surface area contributed by atoms with Crippen molar-refractivity contribution in [3.05, 3.63) is 10.1 Å². The summed E-state index contributed by atoms with van der Waals surface area (Å²) in [4.78, 5) is 21.9. The van der Waals surface area contributed by atoms with E-state index in [2.05, 4.69) is 12.2 Å². The van der Waals surface area contributed by atoms with Crippen molar-refractivity contribution < 1.29 is 9.72 Å². The maximum atomic E-state index is 11.8. The Bertz CT molecular complexity index is 319. The molecule has 0 saturated heterocycles. The van der Waals surface area contributed by atoms with Gasteiger partial charge in [-0.2, -0.15) is 0 Å². The highest BCUT2D eigenvalue weighted by atomic mass is 16.6. The summed E-state index contributed by atoms with van der Waals surface area (Å²) in [5.74, 6) is 0.265. The second kappa shape index (κ2) is 5.02. The Balaban J connectivity index is 1.77. The Morgan fingerprint density at radius 3 is 2.71 bits per heavy atom. The predicted molar refractivity (Wildman–Crippen MR) is 63.1 cm³/mol. The number of carbonyl (C=O) groups excluding carboxylic acids is 1. The Morgan fingerprint density at radius 2 is 2.06 bits per heavy atom. The zero-order chi connectivity index (χ0) is 12.4. The van der Waals surface area contributed by atoms with Gasteiger partial charge in [0.05, 0.1) is 0 Å². The van der Waals surface area contributed by atoms with Crippen LogP contribution in [0.2, 0.25) is 0 Å². The van der Waals surface area contributed by atoms with Crippen LogP contribution in [0.4, 0.5) is 0 Å². The fourth-order valence-corrected chi connectivity index (χ4v) is 2.64. The van der Waals surface area contributed by atoms with E-state index in [9.17, 15) is 14.9 Å². The summed E-state index contributed by atoms with van der Waals surface area (Å²) in [6, 6.07) is -0.389. The Morgan fingerprint density at radius 1 is 1.29 bits per heavy atom. The summed E-state index contributed by atoms with van der Waals surface area (Å²) < 4.78 is 0. The first kappa shape index (κ1) is 12.3. The molecular formula is C12H20N2O3. The van der Waals surface area contributed by atoms with Gasteiger partial charge in [0.25, 0.3) is 0 Å². The number of rotatable bonds is 3. The van der Waals surface area contributed by atoms with Crippen molar-refractivity contribution in [3.63, 3.8) is 0 Å². The molecule has 0 radical (unpaired) electrons. The topological polar surface area (TPSA) is 72.2 Å². The van der Waals surface area contributed by atoms with Gasteiger partial charge in [-0.25, -0.2) is 0 Å². The Hall–Kier alpha value is -1.13. The summed E-state index contributed by atoms with van der Waals surface area (Å²) in [7, 11) is 0. The number of hydrogen-bond acceptors (Lipinski definition) is 3. The maximum Gasteiger partial charge on any atom is 0.230 e. The molecule has 0 bridgehead atoms. The Kier molecular flexibility index (Phi) is 3.64. The first-order chi connectivity index (χ1) is 8.08. The molecule has 2 aliphatic rings. The van der Waals surface area contributed by atoms with Crippen LogP contribution >= 0.6 is 0 Å².